The van der Waals surface area contributed by atoms with Gasteiger partial charge in [-0.1, -0.05) is 48.5 Å². The van der Waals surface area contributed by atoms with Gasteiger partial charge in [-0.2, -0.15) is 0 Å². The molecule has 5 aromatic carbocycles. The second-order valence-electron chi connectivity index (χ2n) is 7.94. The quantitative estimate of drug-likeness (QED) is 0.262. The number of nitrogens with two attached hydrogens (primary N) is 2. The molecule has 0 fully saturated rings. The van der Waals surface area contributed by atoms with Crippen LogP contribution in [0.2, 0.25) is 0 Å². The molecule has 5 rings (SSSR count). The van der Waals surface area contributed by atoms with E-state index in [-0.39, 0.29) is 0 Å². The fourth-order valence-corrected chi connectivity index (χ4v) is 3.77. The van der Waals surface area contributed by atoms with E-state index in [9.17, 15) is 0 Å². The summed E-state index contributed by atoms with van der Waals surface area (Å²) in [5.74, 6) is 2.94. The Morgan fingerprint density at radius 2 is 0.912 bits per heavy atom. The molecule has 0 saturated heterocycles. The molecule has 0 aliphatic rings. The van der Waals surface area contributed by atoms with Crippen LogP contribution in [0.3, 0.4) is 0 Å². The highest BCUT2D eigenvalue weighted by Crippen LogP contribution is 2.38. The number of hydrogen-bond donors (Lipinski definition) is 2. The summed E-state index contributed by atoms with van der Waals surface area (Å²) in [7, 11) is 0. The molecule has 4 nitrogen and oxygen atoms in total. The van der Waals surface area contributed by atoms with E-state index in [1.165, 1.54) is 0 Å². The zero-order valence-electron chi connectivity index (χ0n) is 18.5. The maximum Gasteiger partial charge on any atom is 0.128 e. The van der Waals surface area contributed by atoms with Crippen LogP contribution in [-0.2, 0) is 0 Å². The maximum atomic E-state index is 6.12. The molecule has 0 amide bonds. The topological polar surface area (TPSA) is 70.5 Å². The Kier molecular flexibility index (Phi) is 5.87. The lowest BCUT2D eigenvalue weighted by Gasteiger charge is -2.15. The Bertz CT molecular complexity index is 1400. The van der Waals surface area contributed by atoms with Gasteiger partial charge in [0.25, 0.3) is 0 Å². The second-order valence-corrected chi connectivity index (χ2v) is 7.94. The van der Waals surface area contributed by atoms with E-state index in [2.05, 4.69) is 30.3 Å². The number of anilines is 2. The van der Waals surface area contributed by atoms with E-state index in [1.54, 1.807) is 0 Å². The SMILES string of the molecule is Nc1ccc(Oc2cccc(-c3cc(Oc4ccc(N)cc4)ccc3-c3ccccc3)c2)cc1. The molecule has 0 heterocycles. The van der Waals surface area contributed by atoms with Gasteiger partial charge in [0.05, 0.1) is 0 Å². The van der Waals surface area contributed by atoms with E-state index in [0.29, 0.717) is 11.4 Å². The Morgan fingerprint density at radius 3 is 1.53 bits per heavy atom. The third-order valence-electron chi connectivity index (χ3n) is 5.45. The van der Waals surface area contributed by atoms with Crippen LogP contribution in [-0.4, -0.2) is 0 Å². The first-order chi connectivity index (χ1) is 16.6. The average Bonchev–Trinajstić information content (AvgIpc) is 2.87. The molecule has 166 valence electrons. The van der Waals surface area contributed by atoms with Gasteiger partial charge in [0.2, 0.25) is 0 Å². The fourth-order valence-electron chi connectivity index (χ4n) is 3.77. The van der Waals surface area contributed by atoms with E-state index in [1.807, 2.05) is 91.0 Å². The van der Waals surface area contributed by atoms with Crippen LogP contribution in [0.15, 0.2) is 121 Å². The van der Waals surface area contributed by atoms with Gasteiger partial charge in [-0.25, -0.2) is 0 Å². The third kappa shape index (κ3) is 4.87. The molecule has 0 aliphatic heterocycles. The molecule has 4 heteroatoms. The minimum Gasteiger partial charge on any atom is -0.457 e. The molecule has 0 atom stereocenters. The smallest absolute Gasteiger partial charge is 0.128 e. The highest BCUT2D eigenvalue weighted by molar-refractivity contribution is 5.85. The molecule has 34 heavy (non-hydrogen) atoms. The number of nitrogen functional groups attached to an aromatic ring is 2. The Labute approximate surface area is 199 Å². The predicted molar refractivity (Wildman–Crippen MR) is 139 cm³/mol. The van der Waals surface area contributed by atoms with Crippen LogP contribution in [0, 0.1) is 0 Å². The number of hydrogen-bond acceptors (Lipinski definition) is 4. The molecule has 0 unspecified atom stereocenters. The van der Waals surface area contributed by atoms with E-state index in [0.717, 1.165) is 45.3 Å². The zero-order valence-corrected chi connectivity index (χ0v) is 18.5. The molecular formula is C30H24N2O2. The van der Waals surface area contributed by atoms with Crippen LogP contribution in [0.25, 0.3) is 22.3 Å². The molecule has 5 aromatic rings. The molecular weight excluding hydrogens is 420 g/mol. The highest BCUT2D eigenvalue weighted by atomic mass is 16.5. The van der Waals surface area contributed by atoms with Crippen molar-refractivity contribution in [1.29, 1.82) is 0 Å². The molecule has 0 aliphatic carbocycles. The van der Waals surface area contributed by atoms with E-state index in [4.69, 9.17) is 20.9 Å². The van der Waals surface area contributed by atoms with Crippen molar-refractivity contribution in [3.05, 3.63) is 121 Å². The van der Waals surface area contributed by atoms with Gasteiger partial charge in [0.1, 0.15) is 23.0 Å². The van der Waals surface area contributed by atoms with E-state index >= 15 is 0 Å². The van der Waals surface area contributed by atoms with Crippen molar-refractivity contribution in [2.75, 3.05) is 11.5 Å². The van der Waals surface area contributed by atoms with Gasteiger partial charge >= 0.3 is 0 Å². The van der Waals surface area contributed by atoms with Crippen molar-refractivity contribution in [2.24, 2.45) is 0 Å². The third-order valence-corrected chi connectivity index (χ3v) is 5.45. The maximum absolute atomic E-state index is 6.12. The standard InChI is InChI=1S/C30H24N2O2/c31-23-9-13-25(14-10-23)33-27-8-4-7-22(19-27)30-20-28(34-26-15-11-24(32)12-16-26)17-18-29(30)21-5-2-1-3-6-21/h1-20H,31-32H2. The van der Waals surface area contributed by atoms with Crippen molar-refractivity contribution < 1.29 is 9.47 Å². The van der Waals surface area contributed by atoms with Crippen molar-refractivity contribution in [3.8, 4) is 45.3 Å². The van der Waals surface area contributed by atoms with Gasteiger partial charge in [-0.3, -0.25) is 0 Å². The summed E-state index contributed by atoms with van der Waals surface area (Å²) in [4.78, 5) is 0. The predicted octanol–water partition coefficient (Wildman–Crippen LogP) is 7.77. The largest absolute Gasteiger partial charge is 0.457 e. The summed E-state index contributed by atoms with van der Waals surface area (Å²) in [6.45, 7) is 0. The fraction of sp³-hybridized carbons (Fsp3) is 0. The van der Waals surface area contributed by atoms with Gasteiger partial charge in [-0.15, -0.1) is 0 Å². The Hall–Kier alpha value is -4.70. The van der Waals surface area contributed by atoms with Crippen molar-refractivity contribution in [3.63, 3.8) is 0 Å². The average molecular weight is 445 g/mol. The lowest BCUT2D eigenvalue weighted by Crippen LogP contribution is -1.91. The minimum atomic E-state index is 0.699. The summed E-state index contributed by atoms with van der Waals surface area (Å²) in [5, 5.41) is 0. The van der Waals surface area contributed by atoms with Crippen LogP contribution in [0.1, 0.15) is 0 Å². The van der Waals surface area contributed by atoms with Crippen molar-refractivity contribution in [1.82, 2.24) is 0 Å². The normalized spacial score (nSPS) is 10.6. The van der Waals surface area contributed by atoms with Crippen LogP contribution < -0.4 is 20.9 Å². The van der Waals surface area contributed by atoms with Crippen LogP contribution in [0.5, 0.6) is 23.0 Å². The second kappa shape index (κ2) is 9.43. The van der Waals surface area contributed by atoms with Gasteiger partial charge in [0, 0.05) is 11.4 Å². The Morgan fingerprint density at radius 1 is 0.382 bits per heavy atom. The molecule has 0 aromatic heterocycles. The lowest BCUT2D eigenvalue weighted by atomic mass is 9.94. The zero-order chi connectivity index (χ0) is 23.3. The van der Waals surface area contributed by atoms with Crippen molar-refractivity contribution in [2.45, 2.75) is 0 Å². The monoisotopic (exact) mass is 444 g/mol. The molecule has 0 radical (unpaired) electrons. The molecule has 0 spiro atoms. The highest BCUT2D eigenvalue weighted by Gasteiger charge is 2.11. The van der Waals surface area contributed by atoms with Crippen molar-refractivity contribution >= 4 is 11.4 Å². The molecule has 4 N–H and O–H groups in total. The number of rotatable bonds is 6. The van der Waals surface area contributed by atoms with Gasteiger partial charge in [-0.05, 0) is 95.1 Å². The minimum absolute atomic E-state index is 0.699. The summed E-state index contributed by atoms with van der Waals surface area (Å²) >= 11 is 0. The summed E-state index contributed by atoms with van der Waals surface area (Å²) < 4.78 is 12.2. The first-order valence-corrected chi connectivity index (χ1v) is 11.0. The summed E-state index contributed by atoms with van der Waals surface area (Å²) in [6, 6.07) is 39.2. The molecule has 0 saturated carbocycles. The first-order valence-electron chi connectivity index (χ1n) is 11.0. The van der Waals surface area contributed by atoms with Gasteiger partial charge < -0.3 is 20.9 Å². The Balaban J connectivity index is 1.53. The van der Waals surface area contributed by atoms with Crippen LogP contribution >= 0.6 is 0 Å². The van der Waals surface area contributed by atoms with Gasteiger partial charge in [0.15, 0.2) is 0 Å². The molecule has 0 bridgehead atoms. The van der Waals surface area contributed by atoms with E-state index < -0.39 is 0 Å². The van der Waals surface area contributed by atoms with Crippen LogP contribution in [0.4, 0.5) is 11.4 Å². The number of ether oxygens (including phenoxy) is 2. The lowest BCUT2D eigenvalue weighted by molar-refractivity contribution is 0.482. The number of benzene rings is 5. The first kappa shape index (κ1) is 21.2. The summed E-state index contributed by atoms with van der Waals surface area (Å²) in [6.07, 6.45) is 0. The summed E-state index contributed by atoms with van der Waals surface area (Å²) in [5.41, 5.74) is 17.3.